The van der Waals surface area contributed by atoms with Crippen molar-refractivity contribution in [3.05, 3.63) is 18.0 Å². The first-order valence-corrected chi connectivity index (χ1v) is 8.11. The molecule has 2 aromatic heterocycles. The number of rotatable bonds is 3. The minimum atomic E-state index is -4.62. The third-order valence-electron chi connectivity index (χ3n) is 4.52. The van der Waals surface area contributed by atoms with Crippen LogP contribution >= 0.6 is 0 Å². The van der Waals surface area contributed by atoms with Crippen molar-refractivity contribution in [3.63, 3.8) is 0 Å². The molecule has 0 bridgehead atoms. The second-order valence-corrected chi connectivity index (χ2v) is 6.10. The zero-order chi connectivity index (χ0) is 18.2. The molecule has 1 saturated heterocycles. The fraction of sp³-hybridized carbons (Fsp3) is 0.600. The van der Waals surface area contributed by atoms with E-state index >= 15 is 0 Å². The van der Waals surface area contributed by atoms with Crippen LogP contribution in [-0.2, 0) is 11.0 Å². The van der Waals surface area contributed by atoms with Gasteiger partial charge in [0.1, 0.15) is 5.82 Å². The molecule has 1 aliphatic rings. The largest absolute Gasteiger partial charge is 0.453 e. The highest BCUT2D eigenvalue weighted by atomic mass is 19.4. The lowest BCUT2D eigenvalue weighted by Crippen LogP contribution is -2.41. The van der Waals surface area contributed by atoms with Gasteiger partial charge in [-0.1, -0.05) is 0 Å². The molecule has 0 saturated carbocycles. The summed E-state index contributed by atoms with van der Waals surface area (Å²) in [6.07, 6.45) is -3.32. The van der Waals surface area contributed by atoms with Gasteiger partial charge in [0.2, 0.25) is 5.91 Å². The minimum Gasteiger partial charge on any atom is -0.355 e. The Labute approximate surface area is 142 Å². The van der Waals surface area contributed by atoms with E-state index in [4.69, 9.17) is 0 Å². The molecule has 0 spiro atoms. The molecule has 0 unspecified atom stereocenters. The Morgan fingerprint density at radius 1 is 1.28 bits per heavy atom. The van der Waals surface area contributed by atoms with Crippen LogP contribution in [0.15, 0.2) is 12.1 Å². The molecule has 2 aromatic rings. The maximum atomic E-state index is 13.0. The van der Waals surface area contributed by atoms with Gasteiger partial charge in [0, 0.05) is 32.6 Å². The van der Waals surface area contributed by atoms with Crippen molar-refractivity contribution in [1.82, 2.24) is 24.7 Å². The van der Waals surface area contributed by atoms with E-state index in [0.29, 0.717) is 38.3 Å². The molecular weight excluding hydrogens is 337 g/mol. The number of fused-ring (bicyclic) bond motifs is 1. The molecule has 1 fully saturated rings. The minimum absolute atomic E-state index is 0.0470. The number of alkyl halides is 3. The Kier molecular flexibility index (Phi) is 4.53. The van der Waals surface area contributed by atoms with Gasteiger partial charge in [0.15, 0.2) is 5.65 Å². The van der Waals surface area contributed by atoms with E-state index in [1.165, 1.54) is 6.07 Å². The molecule has 0 atom stereocenters. The number of nitrogens with zero attached hydrogens (tertiary/aromatic N) is 6. The second-order valence-electron chi connectivity index (χ2n) is 6.10. The van der Waals surface area contributed by atoms with Crippen molar-refractivity contribution >= 4 is 17.4 Å². The SMILES string of the molecule is CCN(C)C(=O)C1CCN(c2ccc3nnc(C(F)(F)F)n3n2)CC1. The Hall–Kier alpha value is -2.39. The average molecular weight is 356 g/mol. The summed E-state index contributed by atoms with van der Waals surface area (Å²) in [5.74, 6) is -0.652. The smallest absolute Gasteiger partial charge is 0.355 e. The van der Waals surface area contributed by atoms with Gasteiger partial charge >= 0.3 is 6.18 Å². The topological polar surface area (TPSA) is 66.6 Å². The van der Waals surface area contributed by atoms with Crippen LogP contribution in [0.1, 0.15) is 25.6 Å². The lowest BCUT2D eigenvalue weighted by molar-refractivity contribution is -0.146. The van der Waals surface area contributed by atoms with E-state index in [2.05, 4.69) is 15.3 Å². The van der Waals surface area contributed by atoms with Crippen LogP contribution in [0.2, 0.25) is 0 Å². The molecule has 3 heterocycles. The maximum Gasteiger partial charge on any atom is 0.453 e. The fourth-order valence-corrected chi connectivity index (χ4v) is 2.95. The first kappa shape index (κ1) is 17.4. The molecule has 3 rings (SSSR count). The number of carbonyl (C=O) groups is 1. The molecule has 0 aliphatic carbocycles. The quantitative estimate of drug-likeness (QED) is 0.840. The summed E-state index contributed by atoms with van der Waals surface area (Å²) in [5.41, 5.74) is 0.0470. The van der Waals surface area contributed by atoms with Crippen LogP contribution in [0.25, 0.3) is 5.65 Å². The highest BCUT2D eigenvalue weighted by molar-refractivity contribution is 5.78. The number of amides is 1. The van der Waals surface area contributed by atoms with Crippen molar-refractivity contribution in [2.45, 2.75) is 25.9 Å². The fourth-order valence-electron chi connectivity index (χ4n) is 2.95. The lowest BCUT2D eigenvalue weighted by atomic mass is 9.95. The molecule has 25 heavy (non-hydrogen) atoms. The molecule has 0 radical (unpaired) electrons. The van der Waals surface area contributed by atoms with Crippen molar-refractivity contribution < 1.29 is 18.0 Å². The zero-order valence-electron chi connectivity index (χ0n) is 14.0. The first-order chi connectivity index (χ1) is 11.8. The van der Waals surface area contributed by atoms with Crippen LogP contribution in [-0.4, -0.2) is 57.3 Å². The number of hydrogen-bond donors (Lipinski definition) is 0. The predicted molar refractivity (Wildman–Crippen MR) is 84.0 cm³/mol. The van der Waals surface area contributed by atoms with E-state index in [0.717, 1.165) is 4.52 Å². The predicted octanol–water partition coefficient (Wildman–Crippen LogP) is 1.84. The van der Waals surface area contributed by atoms with Gasteiger partial charge in [-0.05, 0) is 31.9 Å². The van der Waals surface area contributed by atoms with Crippen molar-refractivity contribution in [2.75, 3.05) is 31.6 Å². The van der Waals surface area contributed by atoms with Crippen molar-refractivity contribution in [2.24, 2.45) is 5.92 Å². The Morgan fingerprint density at radius 3 is 2.56 bits per heavy atom. The molecule has 0 aromatic carbocycles. The maximum absolute atomic E-state index is 13.0. The summed E-state index contributed by atoms with van der Waals surface area (Å²) in [5, 5.41) is 10.7. The number of piperidine rings is 1. The van der Waals surface area contributed by atoms with Crippen molar-refractivity contribution in [1.29, 1.82) is 0 Å². The molecule has 1 amide bonds. The zero-order valence-corrected chi connectivity index (χ0v) is 14.0. The summed E-state index contributed by atoms with van der Waals surface area (Å²) in [4.78, 5) is 15.8. The molecule has 10 heteroatoms. The third-order valence-corrected chi connectivity index (χ3v) is 4.52. The Morgan fingerprint density at radius 2 is 1.96 bits per heavy atom. The summed E-state index contributed by atoms with van der Waals surface area (Å²) >= 11 is 0. The van der Waals surface area contributed by atoms with Crippen LogP contribution in [0.4, 0.5) is 19.0 Å². The summed E-state index contributed by atoms with van der Waals surface area (Å²) in [7, 11) is 1.77. The van der Waals surface area contributed by atoms with Gasteiger partial charge in [-0.2, -0.15) is 17.7 Å². The van der Waals surface area contributed by atoms with E-state index in [9.17, 15) is 18.0 Å². The van der Waals surface area contributed by atoms with Gasteiger partial charge in [-0.15, -0.1) is 15.3 Å². The molecule has 0 N–H and O–H groups in total. The van der Waals surface area contributed by atoms with E-state index in [1.807, 2.05) is 11.8 Å². The number of anilines is 1. The third kappa shape index (κ3) is 3.38. The lowest BCUT2D eigenvalue weighted by Gasteiger charge is -2.33. The number of halogens is 3. The number of hydrogen-bond acceptors (Lipinski definition) is 5. The van der Waals surface area contributed by atoms with Gasteiger partial charge in [0.25, 0.3) is 5.82 Å². The van der Waals surface area contributed by atoms with Crippen molar-refractivity contribution in [3.8, 4) is 0 Å². The highest BCUT2D eigenvalue weighted by Gasteiger charge is 2.38. The first-order valence-electron chi connectivity index (χ1n) is 8.11. The van der Waals surface area contributed by atoms with E-state index in [-0.39, 0.29) is 17.5 Å². The average Bonchev–Trinajstić information content (AvgIpc) is 3.04. The molecule has 136 valence electrons. The molecular formula is C15H19F3N6O. The number of carbonyl (C=O) groups excluding carboxylic acids is 1. The van der Waals surface area contributed by atoms with Gasteiger partial charge in [-0.25, -0.2) is 0 Å². The van der Waals surface area contributed by atoms with Crippen LogP contribution in [0, 0.1) is 5.92 Å². The second kappa shape index (κ2) is 6.49. The van der Waals surface area contributed by atoms with Gasteiger partial charge < -0.3 is 9.80 Å². The molecule has 7 nitrogen and oxygen atoms in total. The number of aromatic nitrogens is 4. The highest BCUT2D eigenvalue weighted by Crippen LogP contribution is 2.28. The normalized spacial score (nSPS) is 16.4. The standard InChI is InChI=1S/C15H19F3N6O/c1-3-22(2)13(25)10-6-8-23(9-7-10)12-5-4-11-19-20-14(15(16,17)18)24(11)21-12/h4-5,10H,3,6-9H2,1-2H3. The van der Waals surface area contributed by atoms with E-state index in [1.54, 1.807) is 18.0 Å². The van der Waals surface area contributed by atoms with Crippen LogP contribution in [0.5, 0.6) is 0 Å². The van der Waals surface area contributed by atoms with E-state index < -0.39 is 12.0 Å². The Balaban J connectivity index is 1.76. The summed E-state index contributed by atoms with van der Waals surface area (Å²) in [6.45, 7) is 3.71. The summed E-state index contributed by atoms with van der Waals surface area (Å²) in [6, 6.07) is 3.09. The summed E-state index contributed by atoms with van der Waals surface area (Å²) < 4.78 is 39.6. The molecule has 1 aliphatic heterocycles. The monoisotopic (exact) mass is 356 g/mol. The van der Waals surface area contributed by atoms with Crippen LogP contribution < -0.4 is 4.90 Å². The van der Waals surface area contributed by atoms with Crippen LogP contribution in [0.3, 0.4) is 0 Å². The Bertz CT molecular complexity index is 766. The van der Waals surface area contributed by atoms with Gasteiger partial charge in [0.05, 0.1) is 0 Å². The van der Waals surface area contributed by atoms with Gasteiger partial charge in [-0.3, -0.25) is 4.79 Å².